The molecule has 6 N–H and O–H groups in total. The van der Waals surface area contributed by atoms with Gasteiger partial charge in [-0.1, -0.05) is 231 Å². The van der Waals surface area contributed by atoms with Gasteiger partial charge in [0.15, 0.2) is 6.29 Å². The molecule has 1 fully saturated rings. The Labute approximate surface area is 382 Å². The Hall–Kier alpha value is -1.07. The first-order chi connectivity index (χ1) is 30.3. The van der Waals surface area contributed by atoms with Crippen molar-refractivity contribution in [3.05, 3.63) is 12.2 Å². The molecule has 0 aromatic heterocycles. The normalized spacial score (nSPS) is 20.3. The molecule has 0 saturated carbocycles. The van der Waals surface area contributed by atoms with Crippen LogP contribution in [0.25, 0.3) is 0 Å². The number of unbranched alkanes of at least 4 members (excludes halogenated alkanes) is 34. The minimum Gasteiger partial charge on any atom is -0.394 e. The molecule has 1 amide bonds. The van der Waals surface area contributed by atoms with E-state index in [1.807, 2.05) is 0 Å². The summed E-state index contributed by atoms with van der Waals surface area (Å²) in [6, 6.07) is -0.720. The molecule has 1 rings (SSSR count). The molecule has 7 unspecified atom stereocenters. The van der Waals surface area contributed by atoms with E-state index in [4.69, 9.17) is 9.47 Å². The Bertz CT molecular complexity index is 981. The van der Waals surface area contributed by atoms with E-state index < -0.39 is 49.5 Å². The maximum absolute atomic E-state index is 13.0. The molecule has 0 spiro atoms. The van der Waals surface area contributed by atoms with E-state index >= 15 is 0 Å². The van der Waals surface area contributed by atoms with Crippen molar-refractivity contribution in [3.63, 3.8) is 0 Å². The van der Waals surface area contributed by atoms with Crippen LogP contribution in [-0.4, -0.2) is 87.5 Å². The molecule has 62 heavy (non-hydrogen) atoms. The Morgan fingerprint density at radius 1 is 0.532 bits per heavy atom. The third-order valence-corrected chi connectivity index (χ3v) is 13.1. The Morgan fingerprint density at radius 2 is 0.903 bits per heavy atom. The van der Waals surface area contributed by atoms with Gasteiger partial charge in [0, 0.05) is 6.42 Å². The third-order valence-electron chi connectivity index (χ3n) is 13.1. The standard InChI is InChI=1S/C53H103NO8/c1-3-5-7-9-11-13-15-17-19-20-21-22-23-24-25-26-27-29-30-32-34-36-38-40-42-47(56)46(45-61-53-52(60)51(59)50(58)48(44-55)62-53)54-49(57)43-41-39-37-35-33-31-28-18-16-14-12-10-8-6-4-2/h18,28,46-48,50-53,55-56,58-60H,3-17,19-27,29-45H2,1-2H3,(H,54,57)/b28-18-. The van der Waals surface area contributed by atoms with Gasteiger partial charge in [-0.15, -0.1) is 0 Å². The number of allylic oxidation sites excluding steroid dienone is 2. The van der Waals surface area contributed by atoms with Gasteiger partial charge in [0.05, 0.1) is 25.4 Å². The maximum Gasteiger partial charge on any atom is 0.220 e. The average molecular weight is 882 g/mol. The summed E-state index contributed by atoms with van der Waals surface area (Å²) in [5.74, 6) is -0.149. The molecule has 0 aromatic carbocycles. The van der Waals surface area contributed by atoms with Crippen molar-refractivity contribution in [2.45, 2.75) is 307 Å². The second-order valence-electron chi connectivity index (χ2n) is 19.0. The van der Waals surface area contributed by atoms with Crippen molar-refractivity contribution in [2.75, 3.05) is 13.2 Å². The molecule has 7 atom stereocenters. The maximum atomic E-state index is 13.0. The zero-order valence-electron chi connectivity index (χ0n) is 40.6. The summed E-state index contributed by atoms with van der Waals surface area (Å²) in [4.78, 5) is 13.0. The molecule has 1 saturated heterocycles. The first-order valence-electron chi connectivity index (χ1n) is 26.9. The summed E-state index contributed by atoms with van der Waals surface area (Å²) in [6.07, 6.45) is 45.2. The van der Waals surface area contributed by atoms with Crippen LogP contribution >= 0.6 is 0 Å². The molecule has 1 aliphatic heterocycles. The number of hydrogen-bond acceptors (Lipinski definition) is 8. The highest BCUT2D eigenvalue weighted by molar-refractivity contribution is 5.76. The fraction of sp³-hybridized carbons (Fsp3) is 0.943. The van der Waals surface area contributed by atoms with Crippen LogP contribution < -0.4 is 5.32 Å². The fourth-order valence-electron chi connectivity index (χ4n) is 8.80. The van der Waals surface area contributed by atoms with Gasteiger partial charge in [-0.3, -0.25) is 4.79 Å². The minimum atomic E-state index is -1.55. The van der Waals surface area contributed by atoms with E-state index in [1.54, 1.807) is 0 Å². The van der Waals surface area contributed by atoms with E-state index in [0.717, 1.165) is 51.4 Å². The molecule has 0 radical (unpaired) electrons. The van der Waals surface area contributed by atoms with Crippen LogP contribution in [0.2, 0.25) is 0 Å². The number of carbonyl (C=O) groups excluding carboxylic acids is 1. The van der Waals surface area contributed by atoms with Crippen LogP contribution in [0.1, 0.15) is 264 Å². The van der Waals surface area contributed by atoms with Gasteiger partial charge in [-0.2, -0.15) is 0 Å². The van der Waals surface area contributed by atoms with Crippen molar-refractivity contribution in [1.29, 1.82) is 0 Å². The van der Waals surface area contributed by atoms with Gasteiger partial charge in [-0.25, -0.2) is 0 Å². The molecule has 0 aliphatic carbocycles. The number of carbonyl (C=O) groups is 1. The lowest BCUT2D eigenvalue weighted by Gasteiger charge is -2.40. The van der Waals surface area contributed by atoms with Crippen molar-refractivity contribution in [2.24, 2.45) is 0 Å². The Balaban J connectivity index is 2.22. The highest BCUT2D eigenvalue weighted by Crippen LogP contribution is 2.23. The number of amides is 1. The van der Waals surface area contributed by atoms with Crippen molar-refractivity contribution in [3.8, 4) is 0 Å². The Morgan fingerprint density at radius 3 is 1.31 bits per heavy atom. The minimum absolute atomic E-state index is 0.138. The molecule has 368 valence electrons. The van der Waals surface area contributed by atoms with Crippen molar-refractivity contribution in [1.82, 2.24) is 5.32 Å². The summed E-state index contributed by atoms with van der Waals surface area (Å²) < 4.78 is 11.3. The molecule has 0 bridgehead atoms. The van der Waals surface area contributed by atoms with E-state index in [-0.39, 0.29) is 12.5 Å². The van der Waals surface area contributed by atoms with Gasteiger partial charge in [0.2, 0.25) is 5.91 Å². The van der Waals surface area contributed by atoms with E-state index in [2.05, 4.69) is 31.3 Å². The smallest absolute Gasteiger partial charge is 0.220 e. The van der Waals surface area contributed by atoms with E-state index in [9.17, 15) is 30.3 Å². The SMILES string of the molecule is CCCCCCCC/C=C\CCCCCCCC(=O)NC(COC1OC(CO)C(O)C(O)C1O)C(O)CCCCCCCCCCCCCCCCCCCCCCCCCC. The van der Waals surface area contributed by atoms with Gasteiger partial charge in [-0.05, 0) is 38.5 Å². The fourth-order valence-corrected chi connectivity index (χ4v) is 8.80. The number of hydrogen-bond donors (Lipinski definition) is 6. The largest absolute Gasteiger partial charge is 0.394 e. The number of nitrogens with one attached hydrogen (secondary N) is 1. The number of aliphatic hydroxyl groups is 5. The van der Waals surface area contributed by atoms with Crippen molar-refractivity contribution < 1.29 is 39.8 Å². The second-order valence-corrected chi connectivity index (χ2v) is 19.0. The molecular weight excluding hydrogens is 779 g/mol. The van der Waals surface area contributed by atoms with Crippen molar-refractivity contribution >= 4 is 5.91 Å². The predicted molar refractivity (Wildman–Crippen MR) is 258 cm³/mol. The molecule has 9 nitrogen and oxygen atoms in total. The summed E-state index contributed by atoms with van der Waals surface area (Å²) >= 11 is 0. The first kappa shape index (κ1) is 58.9. The van der Waals surface area contributed by atoms with E-state index in [1.165, 1.54) is 186 Å². The molecule has 1 aliphatic rings. The molecule has 9 heteroatoms. The highest BCUT2D eigenvalue weighted by atomic mass is 16.7. The highest BCUT2D eigenvalue weighted by Gasteiger charge is 2.44. The summed E-state index contributed by atoms with van der Waals surface area (Å²) in [5.41, 5.74) is 0. The van der Waals surface area contributed by atoms with Crippen LogP contribution in [0.5, 0.6) is 0 Å². The van der Waals surface area contributed by atoms with E-state index in [0.29, 0.717) is 12.8 Å². The summed E-state index contributed by atoms with van der Waals surface area (Å²) in [5, 5.41) is 54.5. The third kappa shape index (κ3) is 33.4. The van der Waals surface area contributed by atoms with Crippen LogP contribution in [0.15, 0.2) is 12.2 Å². The zero-order chi connectivity index (χ0) is 45.1. The lowest BCUT2D eigenvalue weighted by Crippen LogP contribution is -2.60. The van der Waals surface area contributed by atoms with Crippen LogP contribution in [-0.2, 0) is 14.3 Å². The van der Waals surface area contributed by atoms with Crippen LogP contribution in [0.4, 0.5) is 0 Å². The monoisotopic (exact) mass is 882 g/mol. The number of rotatable bonds is 46. The first-order valence-corrected chi connectivity index (χ1v) is 26.9. The van der Waals surface area contributed by atoms with Gasteiger partial charge in [0.1, 0.15) is 24.4 Å². The average Bonchev–Trinajstić information content (AvgIpc) is 3.27. The number of ether oxygens (including phenoxy) is 2. The number of aliphatic hydroxyl groups excluding tert-OH is 5. The second kappa shape index (κ2) is 43.8. The molecule has 1 heterocycles. The lowest BCUT2D eigenvalue weighted by molar-refractivity contribution is -0.302. The zero-order valence-corrected chi connectivity index (χ0v) is 40.6. The quantitative estimate of drug-likeness (QED) is 0.0261. The predicted octanol–water partition coefficient (Wildman–Crippen LogP) is 12.5. The Kier molecular flexibility index (Phi) is 41.6. The van der Waals surface area contributed by atoms with Gasteiger partial charge >= 0.3 is 0 Å². The van der Waals surface area contributed by atoms with Gasteiger partial charge < -0.3 is 40.3 Å². The molecular formula is C53H103NO8. The topological polar surface area (TPSA) is 149 Å². The molecule has 0 aromatic rings. The summed E-state index contributed by atoms with van der Waals surface area (Å²) in [6.45, 7) is 3.85. The van der Waals surface area contributed by atoms with Gasteiger partial charge in [0.25, 0.3) is 0 Å². The summed E-state index contributed by atoms with van der Waals surface area (Å²) in [7, 11) is 0. The van der Waals surface area contributed by atoms with Crippen LogP contribution in [0, 0.1) is 0 Å². The lowest BCUT2D eigenvalue weighted by atomic mass is 9.99. The van der Waals surface area contributed by atoms with Crippen LogP contribution in [0.3, 0.4) is 0 Å².